The Balaban J connectivity index is 1.33. The van der Waals surface area contributed by atoms with Crippen LogP contribution in [-0.2, 0) is 14.4 Å². The number of amides is 2. The van der Waals surface area contributed by atoms with Crippen molar-refractivity contribution < 1.29 is 24.6 Å². The van der Waals surface area contributed by atoms with E-state index in [9.17, 15) is 24.6 Å². The minimum Gasteiger partial charge on any atom is -0.481 e. The molecular weight excluding hydrogens is 564 g/mol. The van der Waals surface area contributed by atoms with Crippen LogP contribution in [0, 0.1) is 17.8 Å². The largest absolute Gasteiger partial charge is 0.481 e. The quantitative estimate of drug-likeness (QED) is 0.325. The van der Waals surface area contributed by atoms with E-state index in [4.69, 9.17) is 4.98 Å². The molecule has 43 heavy (non-hydrogen) atoms. The number of anilines is 2. The fourth-order valence-corrected chi connectivity index (χ4v) is 7.82. The zero-order chi connectivity index (χ0) is 29.9. The summed E-state index contributed by atoms with van der Waals surface area (Å²) in [5.41, 5.74) is 3.32. The molecule has 3 unspecified atom stereocenters. The number of carbonyl (C=O) groups is 3. The van der Waals surface area contributed by atoms with E-state index >= 15 is 0 Å². The molecule has 4 heterocycles. The number of allylic oxidation sites excluding steroid dienone is 1. The Morgan fingerprint density at radius 1 is 1.05 bits per heavy atom. The lowest BCUT2D eigenvalue weighted by molar-refractivity contribution is -0.142. The van der Waals surface area contributed by atoms with Crippen LogP contribution in [-0.4, -0.2) is 57.2 Å². The number of aliphatic hydroxyl groups is 1. The molecule has 0 radical (unpaired) electrons. The summed E-state index contributed by atoms with van der Waals surface area (Å²) in [6.45, 7) is 0.385. The van der Waals surface area contributed by atoms with Gasteiger partial charge in [-0.15, -0.1) is 11.3 Å². The Hall–Kier alpha value is -3.89. The van der Waals surface area contributed by atoms with Gasteiger partial charge in [-0.25, -0.2) is 9.97 Å². The third-order valence-corrected chi connectivity index (χ3v) is 9.91. The highest BCUT2D eigenvalue weighted by Gasteiger charge is 2.42. The van der Waals surface area contributed by atoms with Crippen molar-refractivity contribution in [1.29, 1.82) is 0 Å². The number of aliphatic carboxylic acids is 1. The number of carboxylic acid groups (broad SMARTS) is 1. The van der Waals surface area contributed by atoms with Gasteiger partial charge >= 0.3 is 5.97 Å². The third kappa shape index (κ3) is 5.99. The van der Waals surface area contributed by atoms with Crippen LogP contribution in [0.2, 0.25) is 0 Å². The highest BCUT2D eigenvalue weighted by atomic mass is 32.1. The Labute approximate surface area is 254 Å². The summed E-state index contributed by atoms with van der Waals surface area (Å²) in [6.07, 6.45) is 11.6. The maximum absolute atomic E-state index is 14.2. The van der Waals surface area contributed by atoms with Crippen molar-refractivity contribution in [2.24, 2.45) is 17.8 Å². The molecule has 3 aromatic rings. The van der Waals surface area contributed by atoms with Crippen molar-refractivity contribution in [3.63, 3.8) is 0 Å². The number of hydrogen-bond acceptors (Lipinski definition) is 7. The van der Waals surface area contributed by atoms with E-state index in [-0.39, 0.29) is 30.8 Å². The van der Waals surface area contributed by atoms with Crippen molar-refractivity contribution in [3.8, 4) is 22.4 Å². The summed E-state index contributed by atoms with van der Waals surface area (Å²) in [7, 11) is 0. The van der Waals surface area contributed by atoms with Crippen LogP contribution in [0.25, 0.3) is 22.4 Å². The number of thiazole rings is 1. The average Bonchev–Trinajstić information content (AvgIpc) is 3.80. The lowest BCUT2D eigenvalue weighted by Crippen LogP contribution is -2.48. The van der Waals surface area contributed by atoms with E-state index < -0.39 is 17.9 Å². The molecule has 1 aliphatic carbocycles. The Morgan fingerprint density at radius 3 is 2.51 bits per heavy atom. The molecule has 2 fully saturated rings. The molecule has 3 atom stereocenters. The predicted molar refractivity (Wildman–Crippen MR) is 166 cm³/mol. The van der Waals surface area contributed by atoms with Gasteiger partial charge in [0.25, 0.3) is 0 Å². The van der Waals surface area contributed by atoms with Crippen LogP contribution in [0.15, 0.2) is 60.1 Å². The molecular formula is C33H36N4O5S. The van der Waals surface area contributed by atoms with Gasteiger partial charge in [0.2, 0.25) is 11.8 Å². The lowest BCUT2D eigenvalue weighted by Gasteiger charge is -2.37. The van der Waals surface area contributed by atoms with Crippen molar-refractivity contribution in [1.82, 2.24) is 9.97 Å². The fraction of sp³-hybridized carbons (Fsp3) is 0.424. The third-order valence-electron chi connectivity index (χ3n) is 9.07. The standard InChI is InChI=1S/C33H36N4O5S/c38-19-23-9-5-12-24(21-7-1-2-8-21)27(17-31(40)41)32(42)37(23)33-35-28(20-43-33)26-11-4-3-10-25(26)22-14-15-29(34-18-22)36-16-6-13-30(36)39/h3-5,9-11,14-15,18,20-21,23-24,27,38H,1-2,6-8,12-13,16-17,19H2,(H,40,41). The Morgan fingerprint density at radius 2 is 1.84 bits per heavy atom. The number of carboxylic acids is 1. The number of benzene rings is 1. The number of aliphatic hydroxyl groups excluding tert-OH is 1. The van der Waals surface area contributed by atoms with Crippen LogP contribution >= 0.6 is 11.3 Å². The Bertz CT molecular complexity index is 1510. The number of aromatic nitrogens is 2. The van der Waals surface area contributed by atoms with E-state index in [0.717, 1.165) is 48.8 Å². The van der Waals surface area contributed by atoms with Crippen LogP contribution in [0.4, 0.5) is 10.9 Å². The van der Waals surface area contributed by atoms with Crippen LogP contribution in [0.5, 0.6) is 0 Å². The van der Waals surface area contributed by atoms with Gasteiger partial charge < -0.3 is 10.2 Å². The van der Waals surface area contributed by atoms with Gasteiger partial charge in [-0.3, -0.25) is 24.2 Å². The second-order valence-corrected chi connectivity index (χ2v) is 12.5. The average molecular weight is 601 g/mol. The van der Waals surface area contributed by atoms with E-state index in [1.54, 1.807) is 11.1 Å². The second kappa shape index (κ2) is 12.8. The first-order valence-electron chi connectivity index (χ1n) is 15.1. The topological polar surface area (TPSA) is 124 Å². The highest BCUT2D eigenvalue weighted by Crippen LogP contribution is 2.42. The van der Waals surface area contributed by atoms with Crippen molar-refractivity contribution in [3.05, 3.63) is 60.1 Å². The fourth-order valence-electron chi connectivity index (χ4n) is 6.93. The predicted octanol–water partition coefficient (Wildman–Crippen LogP) is 5.55. The SMILES string of the molecule is O=C(O)CC1C(=O)N(c2nc(-c3ccccc3-c3ccc(N4CCCC4=O)nc3)cs2)C(CO)C=CCC1C1CCCC1. The van der Waals surface area contributed by atoms with E-state index in [2.05, 4.69) is 4.98 Å². The van der Waals surface area contributed by atoms with E-state index in [0.29, 0.717) is 41.9 Å². The van der Waals surface area contributed by atoms with Gasteiger partial charge in [0.1, 0.15) is 5.82 Å². The molecule has 3 aliphatic rings. The molecule has 2 aliphatic heterocycles. The summed E-state index contributed by atoms with van der Waals surface area (Å²) in [4.78, 5) is 51.1. The summed E-state index contributed by atoms with van der Waals surface area (Å²) in [5, 5.41) is 22.4. The van der Waals surface area contributed by atoms with Gasteiger partial charge in [-0.2, -0.15) is 0 Å². The second-order valence-electron chi connectivity index (χ2n) is 11.6. The maximum atomic E-state index is 14.2. The van der Waals surface area contributed by atoms with Crippen molar-refractivity contribution >= 4 is 40.1 Å². The molecule has 2 aromatic heterocycles. The van der Waals surface area contributed by atoms with Gasteiger partial charge in [-0.05, 0) is 42.4 Å². The molecule has 2 N–H and O–H groups in total. The van der Waals surface area contributed by atoms with Gasteiger partial charge in [-0.1, -0.05) is 62.1 Å². The molecule has 2 amide bonds. The molecule has 1 aromatic carbocycles. The first-order valence-corrected chi connectivity index (χ1v) is 16.0. The minimum absolute atomic E-state index is 0.0593. The first-order chi connectivity index (χ1) is 20.9. The van der Waals surface area contributed by atoms with Gasteiger partial charge in [0.15, 0.2) is 5.13 Å². The lowest BCUT2D eigenvalue weighted by atomic mass is 9.75. The maximum Gasteiger partial charge on any atom is 0.304 e. The highest BCUT2D eigenvalue weighted by molar-refractivity contribution is 7.14. The van der Waals surface area contributed by atoms with Gasteiger partial charge in [0, 0.05) is 35.7 Å². The number of pyridine rings is 1. The molecule has 1 saturated carbocycles. The molecule has 0 bridgehead atoms. The van der Waals surface area contributed by atoms with E-state index in [1.165, 1.54) is 16.2 Å². The molecule has 1 saturated heterocycles. The van der Waals surface area contributed by atoms with Crippen LogP contribution in [0.1, 0.15) is 51.4 Å². The smallest absolute Gasteiger partial charge is 0.304 e. The monoisotopic (exact) mass is 600 g/mol. The van der Waals surface area contributed by atoms with Crippen molar-refractivity contribution in [2.75, 3.05) is 23.0 Å². The zero-order valence-electron chi connectivity index (χ0n) is 24.0. The zero-order valence-corrected chi connectivity index (χ0v) is 24.8. The summed E-state index contributed by atoms with van der Waals surface area (Å²) in [6, 6.07) is 11.0. The van der Waals surface area contributed by atoms with E-state index in [1.807, 2.05) is 53.9 Å². The van der Waals surface area contributed by atoms with Crippen LogP contribution < -0.4 is 9.80 Å². The molecule has 6 rings (SSSR count). The number of hydrogen-bond donors (Lipinski definition) is 2. The first kappa shape index (κ1) is 29.2. The minimum atomic E-state index is -0.992. The molecule has 9 nitrogen and oxygen atoms in total. The summed E-state index contributed by atoms with van der Waals surface area (Å²) < 4.78 is 0. The molecule has 10 heteroatoms. The van der Waals surface area contributed by atoms with Crippen molar-refractivity contribution in [2.45, 2.75) is 57.4 Å². The normalized spacial score (nSPS) is 23.1. The van der Waals surface area contributed by atoms with Gasteiger partial charge in [0.05, 0.1) is 30.7 Å². The molecule has 0 spiro atoms. The number of carbonyl (C=O) groups excluding carboxylic acids is 2. The Kier molecular flexibility index (Phi) is 8.67. The summed E-state index contributed by atoms with van der Waals surface area (Å²) in [5.74, 6) is -0.979. The summed E-state index contributed by atoms with van der Waals surface area (Å²) >= 11 is 1.31. The number of nitrogens with zero attached hydrogens (tertiary/aromatic N) is 4. The molecule has 224 valence electrons. The van der Waals surface area contributed by atoms with Crippen LogP contribution in [0.3, 0.4) is 0 Å². The number of rotatable bonds is 8.